The number of carbonyl (C=O) groups excluding carboxylic acids is 2. The van der Waals surface area contributed by atoms with E-state index in [0.717, 1.165) is 5.56 Å². The number of nitrogens with zero attached hydrogens (tertiary/aromatic N) is 1. The van der Waals surface area contributed by atoms with Crippen LogP contribution in [0.15, 0.2) is 41.0 Å². The van der Waals surface area contributed by atoms with E-state index in [1.165, 1.54) is 0 Å². The maximum Gasteiger partial charge on any atom is 0.318 e. The Hall–Kier alpha value is -3.00. The second-order valence-electron chi connectivity index (χ2n) is 6.60. The molecule has 8 nitrogen and oxygen atoms in total. The minimum Gasteiger partial charge on any atom is -0.491 e. The molecule has 0 saturated carbocycles. The van der Waals surface area contributed by atoms with Crippen molar-refractivity contribution in [2.45, 2.75) is 26.1 Å². The van der Waals surface area contributed by atoms with Gasteiger partial charge in [0, 0.05) is 24.8 Å². The summed E-state index contributed by atoms with van der Waals surface area (Å²) in [5, 5.41) is 5.65. The van der Waals surface area contributed by atoms with Gasteiger partial charge in [0.1, 0.15) is 18.1 Å². The summed E-state index contributed by atoms with van der Waals surface area (Å²) in [4.78, 5) is 26.7. The second kappa shape index (κ2) is 9.27. The Bertz CT molecular complexity index is 806. The number of benzene rings is 1. The number of rotatable bonds is 6. The van der Waals surface area contributed by atoms with Gasteiger partial charge in [-0.05, 0) is 37.3 Å². The number of ether oxygens (including phenoxy) is 2. The zero-order chi connectivity index (χ0) is 19.9. The molecule has 0 spiro atoms. The highest BCUT2D eigenvalue weighted by molar-refractivity contribution is 5.94. The number of nitrogens with one attached hydrogen (secondary N) is 2. The molecule has 3 amide bonds. The molecule has 3 rings (SSSR count). The molecule has 1 aromatic carbocycles. The van der Waals surface area contributed by atoms with Crippen molar-refractivity contribution in [3.63, 3.8) is 0 Å². The van der Waals surface area contributed by atoms with E-state index < -0.39 is 0 Å². The van der Waals surface area contributed by atoms with Crippen LogP contribution in [-0.4, -0.2) is 49.7 Å². The summed E-state index contributed by atoms with van der Waals surface area (Å²) in [5.41, 5.74) is 1.31. The van der Waals surface area contributed by atoms with Crippen LogP contribution >= 0.6 is 0 Å². The van der Waals surface area contributed by atoms with Crippen molar-refractivity contribution in [3.05, 3.63) is 53.5 Å². The van der Waals surface area contributed by atoms with Gasteiger partial charge >= 0.3 is 6.03 Å². The second-order valence-corrected chi connectivity index (χ2v) is 6.60. The number of amides is 3. The predicted octanol–water partition coefficient (Wildman–Crippen LogP) is 2.15. The summed E-state index contributed by atoms with van der Waals surface area (Å²) in [6.07, 6.45) is 1.57. The van der Waals surface area contributed by atoms with Crippen LogP contribution in [0.3, 0.4) is 0 Å². The fraction of sp³-hybridized carbons (Fsp3) is 0.400. The first-order valence-electron chi connectivity index (χ1n) is 9.18. The van der Waals surface area contributed by atoms with Crippen LogP contribution in [0.2, 0.25) is 0 Å². The molecule has 0 fully saturated rings. The van der Waals surface area contributed by atoms with E-state index in [9.17, 15) is 9.59 Å². The normalized spacial score (nSPS) is 15.9. The highest BCUT2D eigenvalue weighted by Crippen LogP contribution is 2.26. The topological polar surface area (TPSA) is 93.0 Å². The maximum atomic E-state index is 12.7. The highest BCUT2D eigenvalue weighted by Gasteiger charge is 2.26. The van der Waals surface area contributed by atoms with E-state index in [-0.39, 0.29) is 18.0 Å². The molecule has 1 aromatic heterocycles. The fourth-order valence-electron chi connectivity index (χ4n) is 2.94. The van der Waals surface area contributed by atoms with E-state index in [1.807, 2.05) is 6.92 Å². The number of hydrogen-bond donors (Lipinski definition) is 2. The van der Waals surface area contributed by atoms with Gasteiger partial charge in [-0.15, -0.1) is 0 Å². The first kappa shape index (κ1) is 19.8. The molecule has 0 bridgehead atoms. The van der Waals surface area contributed by atoms with E-state index in [0.29, 0.717) is 49.9 Å². The molecule has 8 heteroatoms. The summed E-state index contributed by atoms with van der Waals surface area (Å²) in [5.74, 6) is 1.18. The molecule has 28 heavy (non-hydrogen) atoms. The Kier molecular flexibility index (Phi) is 6.54. The van der Waals surface area contributed by atoms with Gasteiger partial charge in [-0.3, -0.25) is 4.79 Å². The number of hydrogen-bond acceptors (Lipinski definition) is 5. The molecule has 2 aromatic rings. The lowest BCUT2D eigenvalue weighted by Gasteiger charge is -2.26. The molecule has 2 N–H and O–H groups in total. The van der Waals surface area contributed by atoms with E-state index >= 15 is 0 Å². The summed E-state index contributed by atoms with van der Waals surface area (Å²) in [7, 11) is 1.58. The molecule has 0 aliphatic carbocycles. The van der Waals surface area contributed by atoms with Crippen molar-refractivity contribution in [3.8, 4) is 5.75 Å². The standard InChI is InChI=1S/C20H25N3O5/c1-14-13-28-18-6-5-15(19(24)21-7-9-26-2)10-16(18)12-23(14)20(25)22-11-17-4-3-8-27-17/h3-6,8,10,14H,7,9,11-13H2,1-2H3,(H,21,24)(H,22,25)/t14-/m0/s1. The fourth-order valence-corrected chi connectivity index (χ4v) is 2.94. The van der Waals surface area contributed by atoms with Gasteiger partial charge in [-0.1, -0.05) is 0 Å². The largest absolute Gasteiger partial charge is 0.491 e. The molecule has 1 atom stereocenters. The lowest BCUT2D eigenvalue weighted by Crippen LogP contribution is -2.45. The molecule has 0 radical (unpaired) electrons. The number of urea groups is 1. The molecule has 0 saturated heterocycles. The summed E-state index contributed by atoms with van der Waals surface area (Å²) in [6.45, 7) is 3.84. The van der Waals surface area contributed by atoms with Gasteiger partial charge in [-0.2, -0.15) is 0 Å². The lowest BCUT2D eigenvalue weighted by atomic mass is 10.1. The Morgan fingerprint density at radius 2 is 2.14 bits per heavy atom. The molecular formula is C20H25N3O5. The first-order chi connectivity index (χ1) is 13.6. The number of furan rings is 1. The molecule has 150 valence electrons. The van der Waals surface area contributed by atoms with Crippen LogP contribution in [0.1, 0.15) is 28.6 Å². The first-order valence-corrected chi connectivity index (χ1v) is 9.18. The molecule has 0 unspecified atom stereocenters. The van der Waals surface area contributed by atoms with E-state index in [2.05, 4.69) is 10.6 Å². The Balaban J connectivity index is 1.70. The van der Waals surface area contributed by atoms with Gasteiger partial charge in [0.15, 0.2) is 0 Å². The molecule has 1 aliphatic heterocycles. The SMILES string of the molecule is COCCNC(=O)c1ccc2c(c1)CN(C(=O)NCc1ccco1)[C@@H](C)CO2. The minimum absolute atomic E-state index is 0.122. The highest BCUT2D eigenvalue weighted by atomic mass is 16.5. The van der Waals surface area contributed by atoms with Crippen molar-refractivity contribution in [2.75, 3.05) is 26.9 Å². The number of methoxy groups -OCH3 is 1. The molecular weight excluding hydrogens is 362 g/mol. The van der Waals surface area contributed by atoms with Gasteiger partial charge in [-0.25, -0.2) is 4.79 Å². The van der Waals surface area contributed by atoms with E-state index in [1.54, 1.807) is 48.6 Å². The molecule has 2 heterocycles. The van der Waals surface area contributed by atoms with Crippen molar-refractivity contribution in [2.24, 2.45) is 0 Å². The summed E-state index contributed by atoms with van der Waals surface area (Å²) in [6, 6.07) is 8.51. The zero-order valence-corrected chi connectivity index (χ0v) is 16.1. The third kappa shape index (κ3) is 4.83. The smallest absolute Gasteiger partial charge is 0.318 e. The third-order valence-corrected chi connectivity index (χ3v) is 4.52. The van der Waals surface area contributed by atoms with Crippen LogP contribution in [-0.2, 0) is 17.8 Å². The number of fused-ring (bicyclic) bond motifs is 1. The van der Waals surface area contributed by atoms with Crippen molar-refractivity contribution in [1.29, 1.82) is 0 Å². The van der Waals surface area contributed by atoms with Gasteiger partial charge in [0.25, 0.3) is 5.91 Å². The summed E-state index contributed by atoms with van der Waals surface area (Å²) < 4.78 is 16.0. The zero-order valence-electron chi connectivity index (χ0n) is 16.1. The predicted molar refractivity (Wildman–Crippen MR) is 102 cm³/mol. The van der Waals surface area contributed by atoms with Gasteiger partial charge in [0.05, 0.1) is 32.0 Å². The van der Waals surface area contributed by atoms with E-state index in [4.69, 9.17) is 13.9 Å². The van der Waals surface area contributed by atoms with Gasteiger partial charge in [0.2, 0.25) is 0 Å². The quantitative estimate of drug-likeness (QED) is 0.741. The average Bonchev–Trinajstić information content (AvgIpc) is 3.16. The van der Waals surface area contributed by atoms with Crippen molar-refractivity contribution < 1.29 is 23.5 Å². The average molecular weight is 387 g/mol. The maximum absolute atomic E-state index is 12.7. The minimum atomic E-state index is -0.213. The van der Waals surface area contributed by atoms with Gasteiger partial charge < -0.3 is 29.4 Å². The van der Waals surface area contributed by atoms with Crippen LogP contribution in [0.5, 0.6) is 5.75 Å². The van der Waals surface area contributed by atoms with Crippen LogP contribution in [0, 0.1) is 0 Å². The summed E-state index contributed by atoms with van der Waals surface area (Å²) >= 11 is 0. The lowest BCUT2D eigenvalue weighted by molar-refractivity contribution is 0.0937. The van der Waals surface area contributed by atoms with Crippen LogP contribution in [0.4, 0.5) is 4.79 Å². The van der Waals surface area contributed by atoms with Crippen LogP contribution in [0.25, 0.3) is 0 Å². The Morgan fingerprint density at radius 3 is 2.89 bits per heavy atom. The monoisotopic (exact) mass is 387 g/mol. The van der Waals surface area contributed by atoms with Crippen molar-refractivity contribution >= 4 is 11.9 Å². The number of carbonyl (C=O) groups is 2. The Labute approximate surface area is 163 Å². The molecule has 1 aliphatic rings. The van der Waals surface area contributed by atoms with Crippen LogP contribution < -0.4 is 15.4 Å². The Morgan fingerprint density at radius 1 is 1.29 bits per heavy atom. The van der Waals surface area contributed by atoms with Crippen molar-refractivity contribution in [1.82, 2.24) is 15.5 Å². The third-order valence-electron chi connectivity index (χ3n) is 4.52.